The predicted octanol–water partition coefficient (Wildman–Crippen LogP) is 8.57. The lowest BCUT2D eigenvalue weighted by molar-refractivity contribution is -0.136. The van der Waals surface area contributed by atoms with Crippen molar-refractivity contribution in [2.24, 2.45) is 0 Å². The maximum Gasteiger partial charge on any atom is 0.412 e. The summed E-state index contributed by atoms with van der Waals surface area (Å²) in [5.41, 5.74) is 2.74. The number of aromatic carboxylic acids is 1. The van der Waals surface area contributed by atoms with E-state index in [1.165, 1.54) is 4.90 Å². The second-order valence-electron chi connectivity index (χ2n) is 18.9. The zero-order chi connectivity index (χ0) is 48.9. The number of ether oxygens (including phenoxy) is 2. The highest BCUT2D eigenvalue weighted by atomic mass is 16.6. The van der Waals surface area contributed by atoms with E-state index in [0.29, 0.717) is 94.8 Å². The largest absolute Gasteiger partial charge is 0.478 e. The van der Waals surface area contributed by atoms with Gasteiger partial charge >= 0.3 is 18.2 Å². The van der Waals surface area contributed by atoms with E-state index in [1.54, 1.807) is 137 Å². The lowest BCUT2D eigenvalue weighted by Crippen LogP contribution is -2.43. The van der Waals surface area contributed by atoms with Gasteiger partial charge in [-0.15, -0.1) is 0 Å². The average molecular weight is 928 g/mol. The van der Waals surface area contributed by atoms with Crippen molar-refractivity contribution < 1.29 is 48.1 Å². The molecule has 2 aliphatic heterocycles. The Balaban J connectivity index is 0.991. The molecule has 6 amide bonds. The minimum atomic E-state index is -1.20. The van der Waals surface area contributed by atoms with Crippen LogP contribution in [0.25, 0.3) is 22.2 Å². The van der Waals surface area contributed by atoms with Crippen LogP contribution in [0.4, 0.5) is 32.3 Å². The fourth-order valence-corrected chi connectivity index (χ4v) is 8.50. The van der Waals surface area contributed by atoms with Gasteiger partial charge in [-0.3, -0.25) is 29.8 Å². The molecule has 0 bridgehead atoms. The van der Waals surface area contributed by atoms with Crippen molar-refractivity contribution >= 4 is 75.4 Å². The average Bonchev–Trinajstić information content (AvgIpc) is 4.04. The summed E-state index contributed by atoms with van der Waals surface area (Å²) in [6.07, 6.45) is 0.764. The number of rotatable bonds is 12. The van der Waals surface area contributed by atoms with Gasteiger partial charge in [-0.25, -0.2) is 14.4 Å². The summed E-state index contributed by atoms with van der Waals surface area (Å²) in [6, 6.07) is 23.9. The Kier molecular flexibility index (Phi) is 14.2. The van der Waals surface area contributed by atoms with E-state index in [0.717, 1.165) is 0 Å². The molecule has 5 aromatic rings. The highest BCUT2D eigenvalue weighted by molar-refractivity contribution is 6.11. The summed E-state index contributed by atoms with van der Waals surface area (Å²) in [5, 5.41) is 22.0. The van der Waals surface area contributed by atoms with Gasteiger partial charge in [-0.1, -0.05) is 48.5 Å². The van der Waals surface area contributed by atoms with Crippen molar-refractivity contribution in [1.29, 1.82) is 0 Å². The van der Waals surface area contributed by atoms with Crippen molar-refractivity contribution in [2.45, 2.75) is 103 Å². The van der Waals surface area contributed by atoms with Crippen LogP contribution in [-0.4, -0.2) is 98.1 Å². The maximum absolute atomic E-state index is 13.7. The van der Waals surface area contributed by atoms with Crippen molar-refractivity contribution in [2.75, 3.05) is 34.4 Å². The fraction of sp³-hybridized carbons (Fsp3) is 0.353. The number of fused-ring (bicyclic) bond motifs is 1. The number of aromatic amines is 1. The Labute approximate surface area is 393 Å². The predicted molar refractivity (Wildman–Crippen MR) is 257 cm³/mol. The van der Waals surface area contributed by atoms with Gasteiger partial charge in [-0.05, 0) is 126 Å². The number of carbonyl (C=O) groups excluding carboxylic acids is 6. The Morgan fingerprint density at radius 2 is 1.07 bits per heavy atom. The van der Waals surface area contributed by atoms with Gasteiger partial charge in [0.2, 0.25) is 23.6 Å². The van der Waals surface area contributed by atoms with Crippen molar-refractivity contribution in [1.82, 2.24) is 14.8 Å². The number of aromatic nitrogens is 1. The monoisotopic (exact) mass is 927 g/mol. The highest BCUT2D eigenvalue weighted by Crippen LogP contribution is 2.34. The molecule has 17 heteroatoms. The molecule has 356 valence electrons. The molecule has 0 aliphatic carbocycles. The number of hydrogen-bond donors (Lipinski definition) is 6. The zero-order valence-electron chi connectivity index (χ0n) is 39.0. The number of amides is 6. The van der Waals surface area contributed by atoms with Gasteiger partial charge in [-0.2, -0.15) is 0 Å². The van der Waals surface area contributed by atoms with E-state index in [4.69, 9.17) is 9.47 Å². The number of benzene rings is 4. The molecular formula is C51H57N7O10. The summed E-state index contributed by atoms with van der Waals surface area (Å²) in [7, 11) is 0. The smallest absolute Gasteiger partial charge is 0.412 e. The van der Waals surface area contributed by atoms with Crippen molar-refractivity contribution in [3.05, 3.63) is 108 Å². The van der Waals surface area contributed by atoms with E-state index in [9.17, 15) is 38.7 Å². The van der Waals surface area contributed by atoms with Gasteiger partial charge in [0, 0.05) is 46.7 Å². The number of nitrogens with one attached hydrogen (secondary N) is 5. The van der Waals surface area contributed by atoms with E-state index >= 15 is 0 Å². The number of carboxylic acids is 1. The van der Waals surface area contributed by atoms with E-state index in [1.807, 2.05) is 0 Å². The molecule has 17 nitrogen and oxygen atoms in total. The molecule has 7 rings (SSSR count). The van der Waals surface area contributed by atoms with E-state index in [2.05, 4.69) is 26.3 Å². The molecule has 0 spiro atoms. The molecule has 4 aromatic carbocycles. The molecule has 0 unspecified atom stereocenters. The number of carboxylic acid groups (broad SMARTS) is 1. The second kappa shape index (κ2) is 20.0. The number of hydrogen-bond acceptors (Lipinski definition) is 9. The van der Waals surface area contributed by atoms with Crippen molar-refractivity contribution in [3.8, 4) is 11.3 Å². The minimum absolute atomic E-state index is 0.0211. The topological polar surface area (TPSA) is 229 Å². The summed E-state index contributed by atoms with van der Waals surface area (Å²) in [6.45, 7) is 11.3. The second-order valence-corrected chi connectivity index (χ2v) is 18.9. The van der Waals surface area contributed by atoms with Gasteiger partial charge in [0.1, 0.15) is 23.3 Å². The third kappa shape index (κ3) is 11.8. The lowest BCUT2D eigenvalue weighted by atomic mass is 10.0. The molecular weight excluding hydrogens is 871 g/mol. The normalized spacial score (nSPS) is 16.0. The molecule has 2 atom stereocenters. The van der Waals surface area contributed by atoms with Crippen LogP contribution in [0.2, 0.25) is 0 Å². The summed E-state index contributed by atoms with van der Waals surface area (Å²) in [5.74, 6) is -2.53. The third-order valence-electron chi connectivity index (χ3n) is 11.5. The SMILES string of the molecule is CC(C)(C)OC(=O)Nc1ccccc1CC(=O)N1CCC[C@H]1C(=O)Nc1ccc(-c2[nH]c3ccc(NC(=O)[C@@H]4CCCN4C(=O)Cc4ccccc4NC(=O)OC(C)(C)C)cc3c2C(=O)O)cc1. The standard InChI is InChI=1S/C51H57N7O10/c1-50(2,3)67-48(65)55-36-15-9-7-13-31(36)27-41(59)57-25-11-17-39(57)45(61)52-33-21-19-30(20-22-33)44-43(47(63)64)35-29-34(23-24-38(35)54-44)53-46(62)40-18-12-26-58(40)42(60)28-32-14-8-10-16-37(32)56-49(66)68-51(4,5)6/h7-10,13-16,19-24,29,39-40,54H,11-12,17-18,25-28H2,1-6H3,(H,52,61)(H,53,62)(H,55,65)(H,56,66)(H,63,64)/t39-,40-/m0/s1. The first-order valence-electron chi connectivity index (χ1n) is 22.6. The first-order chi connectivity index (χ1) is 32.2. The molecule has 0 saturated carbocycles. The van der Waals surface area contributed by atoms with Crippen molar-refractivity contribution in [3.63, 3.8) is 0 Å². The van der Waals surface area contributed by atoms with Gasteiger partial charge in [0.15, 0.2) is 0 Å². The Hall–Kier alpha value is -7.69. The summed E-state index contributed by atoms with van der Waals surface area (Å²) < 4.78 is 10.8. The van der Waals surface area contributed by atoms with Crippen LogP contribution < -0.4 is 21.3 Å². The number of carbonyl (C=O) groups is 7. The number of nitrogens with zero attached hydrogens (tertiary/aromatic N) is 2. The molecule has 68 heavy (non-hydrogen) atoms. The first-order valence-corrected chi connectivity index (χ1v) is 22.6. The fourth-order valence-electron chi connectivity index (χ4n) is 8.50. The van der Waals surface area contributed by atoms with Crippen LogP contribution in [0.5, 0.6) is 0 Å². The number of likely N-dealkylation sites (tertiary alicyclic amines) is 2. The van der Waals surface area contributed by atoms with Crippen LogP contribution in [0.15, 0.2) is 91.0 Å². The molecule has 2 saturated heterocycles. The zero-order valence-corrected chi connectivity index (χ0v) is 39.0. The number of para-hydroxylation sites is 2. The molecule has 6 N–H and O–H groups in total. The number of anilines is 4. The molecule has 2 fully saturated rings. The third-order valence-corrected chi connectivity index (χ3v) is 11.5. The van der Waals surface area contributed by atoms with Crippen LogP contribution in [-0.2, 0) is 41.5 Å². The van der Waals surface area contributed by atoms with E-state index in [-0.39, 0.29) is 36.1 Å². The minimum Gasteiger partial charge on any atom is -0.478 e. The van der Waals surface area contributed by atoms with Gasteiger partial charge in [0.25, 0.3) is 0 Å². The quantitative estimate of drug-likeness (QED) is 0.0698. The summed E-state index contributed by atoms with van der Waals surface area (Å²) in [4.78, 5) is 98.7. The first kappa shape index (κ1) is 48.2. The Morgan fingerprint density at radius 3 is 1.54 bits per heavy atom. The van der Waals surface area contributed by atoms with Crippen LogP contribution in [0, 0.1) is 0 Å². The molecule has 3 heterocycles. The lowest BCUT2D eigenvalue weighted by Gasteiger charge is -2.25. The van der Waals surface area contributed by atoms with Crippen LogP contribution in [0.1, 0.15) is 88.7 Å². The Morgan fingerprint density at radius 1 is 0.618 bits per heavy atom. The molecule has 2 aliphatic rings. The van der Waals surface area contributed by atoms with Crippen LogP contribution in [0.3, 0.4) is 0 Å². The molecule has 0 radical (unpaired) electrons. The van der Waals surface area contributed by atoms with E-state index < -0.39 is 47.3 Å². The highest BCUT2D eigenvalue weighted by Gasteiger charge is 2.36. The van der Waals surface area contributed by atoms with Crippen LogP contribution >= 0.6 is 0 Å². The number of H-pyrrole nitrogens is 1. The van der Waals surface area contributed by atoms with Gasteiger partial charge < -0.3 is 40.0 Å². The van der Waals surface area contributed by atoms with Gasteiger partial charge in [0.05, 0.1) is 24.1 Å². The summed E-state index contributed by atoms with van der Waals surface area (Å²) >= 11 is 0. The maximum atomic E-state index is 13.7. The molecule has 1 aromatic heterocycles. The Bertz CT molecular complexity index is 2750.